The summed E-state index contributed by atoms with van der Waals surface area (Å²) in [4.78, 5) is 5.37. The molecule has 0 radical (unpaired) electrons. The smallest absolute Gasteiger partial charge is 0.0260 e. The van der Waals surface area contributed by atoms with Gasteiger partial charge in [0, 0.05) is 37.3 Å². The second kappa shape index (κ2) is 6.07. The van der Waals surface area contributed by atoms with Crippen LogP contribution in [-0.4, -0.2) is 60.6 Å². The number of nitrogens with zero attached hydrogens (tertiary/aromatic N) is 2. The van der Waals surface area contributed by atoms with Crippen LogP contribution in [0.4, 0.5) is 0 Å². The SMILES string of the molecule is C[C@@H]1NCC[C@@H]1N1CC2CCC(C1)N2C.Cl.Cl. The van der Waals surface area contributed by atoms with Crippen molar-refractivity contribution < 1.29 is 0 Å². The summed E-state index contributed by atoms with van der Waals surface area (Å²) in [5, 5.41) is 3.57. The van der Waals surface area contributed by atoms with Gasteiger partial charge < -0.3 is 5.32 Å². The van der Waals surface area contributed by atoms with Crippen molar-refractivity contribution in [3.05, 3.63) is 0 Å². The average molecular weight is 282 g/mol. The van der Waals surface area contributed by atoms with Crippen LogP contribution >= 0.6 is 24.8 Å². The molecule has 0 aliphatic carbocycles. The number of fused-ring (bicyclic) bond motifs is 2. The highest BCUT2D eigenvalue weighted by Gasteiger charge is 2.41. The second-order valence-electron chi connectivity index (χ2n) is 5.60. The molecule has 4 atom stereocenters. The Balaban J connectivity index is 0.000000722. The van der Waals surface area contributed by atoms with Crippen molar-refractivity contribution in [3.63, 3.8) is 0 Å². The summed E-state index contributed by atoms with van der Waals surface area (Å²) < 4.78 is 0. The molecule has 3 rings (SSSR count). The molecule has 0 saturated carbocycles. The lowest BCUT2D eigenvalue weighted by Crippen LogP contribution is -2.56. The molecule has 3 heterocycles. The van der Waals surface area contributed by atoms with E-state index in [1.54, 1.807) is 0 Å². The number of nitrogens with one attached hydrogen (secondary N) is 1. The topological polar surface area (TPSA) is 18.5 Å². The van der Waals surface area contributed by atoms with E-state index in [1.807, 2.05) is 0 Å². The van der Waals surface area contributed by atoms with Gasteiger partial charge in [-0.3, -0.25) is 9.80 Å². The van der Waals surface area contributed by atoms with Gasteiger partial charge in [0.1, 0.15) is 0 Å². The fraction of sp³-hybridized carbons (Fsp3) is 1.00. The maximum Gasteiger partial charge on any atom is 0.0260 e. The first-order chi connectivity index (χ1) is 7.25. The minimum absolute atomic E-state index is 0. The Kier molecular flexibility index (Phi) is 5.54. The Hall–Kier alpha value is 0.460. The fourth-order valence-corrected chi connectivity index (χ4v) is 3.76. The fourth-order valence-electron chi connectivity index (χ4n) is 3.76. The van der Waals surface area contributed by atoms with Gasteiger partial charge in [-0.25, -0.2) is 0 Å². The lowest BCUT2D eigenvalue weighted by atomic mass is 10.1. The van der Waals surface area contributed by atoms with Crippen LogP contribution in [0.1, 0.15) is 26.2 Å². The summed E-state index contributed by atoms with van der Waals surface area (Å²) in [6.45, 7) is 6.18. The molecule has 102 valence electrons. The number of hydrogen-bond donors (Lipinski definition) is 1. The van der Waals surface area contributed by atoms with Gasteiger partial charge in [-0.15, -0.1) is 24.8 Å². The standard InChI is InChI=1S/C12H23N3.2ClH/c1-9-12(5-6-13-9)15-7-10-3-4-11(8-15)14(10)2;;/h9-13H,3-8H2,1-2H3;2*1H/t9-,10?,11?,12-;;/m0../s1. The van der Waals surface area contributed by atoms with E-state index in [2.05, 4.69) is 29.1 Å². The zero-order valence-electron chi connectivity index (χ0n) is 10.8. The van der Waals surface area contributed by atoms with Crippen LogP contribution in [0.2, 0.25) is 0 Å². The molecular weight excluding hydrogens is 257 g/mol. The second-order valence-corrected chi connectivity index (χ2v) is 5.60. The molecule has 0 aromatic rings. The zero-order valence-corrected chi connectivity index (χ0v) is 12.4. The van der Waals surface area contributed by atoms with Crippen LogP contribution in [0, 0.1) is 0 Å². The van der Waals surface area contributed by atoms with E-state index in [0.29, 0.717) is 6.04 Å². The molecule has 3 nitrogen and oxygen atoms in total. The number of halogens is 2. The summed E-state index contributed by atoms with van der Waals surface area (Å²) in [6, 6.07) is 3.20. The van der Waals surface area contributed by atoms with Crippen LogP contribution in [0.25, 0.3) is 0 Å². The van der Waals surface area contributed by atoms with Crippen molar-refractivity contribution >= 4 is 24.8 Å². The molecule has 3 aliphatic heterocycles. The molecule has 2 bridgehead atoms. The maximum absolute atomic E-state index is 3.57. The summed E-state index contributed by atoms with van der Waals surface area (Å²) in [6.07, 6.45) is 4.20. The summed E-state index contributed by atoms with van der Waals surface area (Å²) in [5.41, 5.74) is 0. The minimum Gasteiger partial charge on any atom is -0.313 e. The van der Waals surface area contributed by atoms with Crippen molar-refractivity contribution in [2.45, 2.75) is 50.4 Å². The van der Waals surface area contributed by atoms with Gasteiger partial charge in [-0.2, -0.15) is 0 Å². The molecule has 5 heteroatoms. The highest BCUT2D eigenvalue weighted by Crippen LogP contribution is 2.31. The van der Waals surface area contributed by atoms with Crippen molar-refractivity contribution in [1.29, 1.82) is 0 Å². The van der Waals surface area contributed by atoms with Crippen molar-refractivity contribution in [1.82, 2.24) is 15.1 Å². The molecule has 3 aliphatic rings. The van der Waals surface area contributed by atoms with Gasteiger partial charge in [0.25, 0.3) is 0 Å². The van der Waals surface area contributed by atoms with Crippen LogP contribution in [0.15, 0.2) is 0 Å². The van der Waals surface area contributed by atoms with Gasteiger partial charge in [-0.1, -0.05) is 0 Å². The molecule has 2 unspecified atom stereocenters. The van der Waals surface area contributed by atoms with Crippen LogP contribution in [-0.2, 0) is 0 Å². The van der Waals surface area contributed by atoms with E-state index >= 15 is 0 Å². The highest BCUT2D eigenvalue weighted by atomic mass is 35.5. The first kappa shape index (κ1) is 15.5. The zero-order chi connectivity index (χ0) is 10.4. The van der Waals surface area contributed by atoms with Crippen molar-refractivity contribution in [3.8, 4) is 0 Å². The molecule has 0 spiro atoms. The molecule has 17 heavy (non-hydrogen) atoms. The first-order valence-electron chi connectivity index (χ1n) is 6.45. The molecule has 3 saturated heterocycles. The van der Waals surface area contributed by atoms with Crippen LogP contribution in [0.3, 0.4) is 0 Å². The van der Waals surface area contributed by atoms with Crippen molar-refractivity contribution in [2.75, 3.05) is 26.7 Å². The van der Waals surface area contributed by atoms with Gasteiger partial charge in [0.2, 0.25) is 0 Å². The third-order valence-electron chi connectivity index (χ3n) is 4.83. The third kappa shape index (κ3) is 2.74. The lowest BCUT2D eigenvalue weighted by Gasteiger charge is -2.42. The number of piperazine rings is 1. The molecular formula is C12H25Cl2N3. The normalized spacial score (nSPS) is 42.0. The van der Waals surface area contributed by atoms with E-state index in [9.17, 15) is 0 Å². The summed E-state index contributed by atoms with van der Waals surface area (Å²) in [5.74, 6) is 0. The monoisotopic (exact) mass is 281 g/mol. The highest BCUT2D eigenvalue weighted by molar-refractivity contribution is 5.85. The Morgan fingerprint density at radius 1 is 1.00 bits per heavy atom. The summed E-state index contributed by atoms with van der Waals surface area (Å²) in [7, 11) is 2.32. The van der Waals surface area contributed by atoms with Crippen molar-refractivity contribution in [2.24, 2.45) is 0 Å². The number of rotatable bonds is 1. The molecule has 0 amide bonds. The van der Waals surface area contributed by atoms with Gasteiger partial charge in [0.05, 0.1) is 0 Å². The third-order valence-corrected chi connectivity index (χ3v) is 4.83. The van der Waals surface area contributed by atoms with Crippen LogP contribution in [0.5, 0.6) is 0 Å². The number of likely N-dealkylation sites (tertiary alicyclic amines) is 1. The molecule has 3 fully saturated rings. The number of hydrogen-bond acceptors (Lipinski definition) is 3. The van der Waals surface area contributed by atoms with Crippen LogP contribution < -0.4 is 5.32 Å². The Bertz CT molecular complexity index is 238. The van der Waals surface area contributed by atoms with E-state index in [-0.39, 0.29) is 24.8 Å². The molecule has 0 aromatic heterocycles. The maximum atomic E-state index is 3.57. The first-order valence-corrected chi connectivity index (χ1v) is 6.45. The van der Waals surface area contributed by atoms with E-state index in [4.69, 9.17) is 0 Å². The molecule has 1 N–H and O–H groups in total. The minimum atomic E-state index is 0. The number of likely N-dealkylation sites (N-methyl/N-ethyl adjacent to an activating group) is 1. The van der Waals surface area contributed by atoms with Gasteiger partial charge in [-0.05, 0) is 39.8 Å². The largest absolute Gasteiger partial charge is 0.313 e. The Morgan fingerprint density at radius 3 is 2.06 bits per heavy atom. The Morgan fingerprint density at radius 2 is 1.59 bits per heavy atom. The summed E-state index contributed by atoms with van der Waals surface area (Å²) >= 11 is 0. The van der Waals surface area contributed by atoms with E-state index < -0.39 is 0 Å². The predicted octanol–water partition coefficient (Wildman–Crippen LogP) is 1.36. The quantitative estimate of drug-likeness (QED) is 0.783. The average Bonchev–Trinajstić information content (AvgIpc) is 2.70. The predicted molar refractivity (Wildman–Crippen MR) is 76.5 cm³/mol. The lowest BCUT2D eigenvalue weighted by molar-refractivity contribution is 0.0553. The molecule has 0 aromatic carbocycles. The van der Waals surface area contributed by atoms with Gasteiger partial charge >= 0.3 is 0 Å². The Labute approximate surface area is 117 Å². The van der Waals surface area contributed by atoms with E-state index in [0.717, 1.165) is 18.1 Å². The van der Waals surface area contributed by atoms with Gasteiger partial charge in [0.15, 0.2) is 0 Å². The van der Waals surface area contributed by atoms with E-state index in [1.165, 1.54) is 38.9 Å².